The van der Waals surface area contributed by atoms with Gasteiger partial charge in [-0.2, -0.15) is 0 Å². The second-order valence-electron chi connectivity index (χ2n) is 5.56. The molecule has 0 saturated carbocycles. The Morgan fingerprint density at radius 3 is 2.62 bits per heavy atom. The maximum atomic E-state index is 12.2. The number of carbonyl (C=O) groups is 2. The first-order valence-corrected chi connectivity index (χ1v) is 7.90. The van der Waals surface area contributed by atoms with Gasteiger partial charge in [-0.15, -0.1) is 0 Å². The molecule has 0 spiro atoms. The zero-order valence-electron chi connectivity index (χ0n) is 14.1. The smallest absolute Gasteiger partial charge is 0.268 e. The first kappa shape index (κ1) is 17.1. The molecular formula is C20H17N3O3. The third-order valence-electron chi connectivity index (χ3n) is 3.81. The Balaban J connectivity index is 1.61. The van der Waals surface area contributed by atoms with Gasteiger partial charge in [0.25, 0.3) is 5.91 Å². The molecule has 6 heteroatoms. The number of nitrogens with one attached hydrogen (secondary N) is 2. The van der Waals surface area contributed by atoms with Crippen LogP contribution in [0.4, 0.5) is 0 Å². The summed E-state index contributed by atoms with van der Waals surface area (Å²) in [7, 11) is 1.60. The number of methoxy groups -OCH3 is 1. The highest BCUT2D eigenvalue weighted by molar-refractivity contribution is 5.98. The van der Waals surface area contributed by atoms with Crippen molar-refractivity contribution in [1.29, 1.82) is 0 Å². The molecule has 4 N–H and O–H groups in total. The van der Waals surface area contributed by atoms with Crippen molar-refractivity contribution >= 4 is 22.7 Å². The van der Waals surface area contributed by atoms with Crippen molar-refractivity contribution in [2.24, 2.45) is 5.73 Å². The van der Waals surface area contributed by atoms with Gasteiger partial charge < -0.3 is 20.8 Å². The summed E-state index contributed by atoms with van der Waals surface area (Å²) >= 11 is 0. The molecule has 0 aliphatic carbocycles. The van der Waals surface area contributed by atoms with Crippen molar-refractivity contribution in [2.45, 2.75) is 0 Å². The van der Waals surface area contributed by atoms with Gasteiger partial charge in [-0.05, 0) is 42.5 Å². The SMILES string of the molecule is COc1ccc2cc(C(=O)NCC#Cc3ccc(C(N)=O)cc3)[nH]c2c1. The van der Waals surface area contributed by atoms with Gasteiger partial charge in [0.2, 0.25) is 5.91 Å². The van der Waals surface area contributed by atoms with Crippen LogP contribution < -0.4 is 15.8 Å². The minimum Gasteiger partial charge on any atom is -0.497 e. The van der Waals surface area contributed by atoms with E-state index < -0.39 is 5.91 Å². The van der Waals surface area contributed by atoms with Gasteiger partial charge in [-0.3, -0.25) is 9.59 Å². The van der Waals surface area contributed by atoms with Crippen LogP contribution in [0.3, 0.4) is 0 Å². The van der Waals surface area contributed by atoms with Gasteiger partial charge >= 0.3 is 0 Å². The first-order valence-electron chi connectivity index (χ1n) is 7.90. The first-order chi connectivity index (χ1) is 12.6. The molecule has 0 bridgehead atoms. The number of nitrogens with two attached hydrogens (primary N) is 1. The Kier molecular flexibility index (Phi) is 4.90. The van der Waals surface area contributed by atoms with Crippen LogP contribution >= 0.6 is 0 Å². The number of carbonyl (C=O) groups excluding carboxylic acids is 2. The number of aromatic amines is 1. The Morgan fingerprint density at radius 1 is 1.15 bits per heavy atom. The number of primary amides is 1. The monoisotopic (exact) mass is 347 g/mol. The van der Waals surface area contributed by atoms with Crippen molar-refractivity contribution in [3.05, 3.63) is 65.4 Å². The zero-order chi connectivity index (χ0) is 18.5. The highest BCUT2D eigenvalue weighted by Crippen LogP contribution is 2.21. The molecule has 3 rings (SSSR count). The van der Waals surface area contributed by atoms with Gasteiger partial charge in [0.1, 0.15) is 11.4 Å². The normalized spacial score (nSPS) is 10.0. The Hall–Kier alpha value is -3.72. The molecule has 0 radical (unpaired) electrons. The summed E-state index contributed by atoms with van der Waals surface area (Å²) < 4.78 is 5.17. The van der Waals surface area contributed by atoms with Crippen LogP contribution in [0, 0.1) is 11.8 Å². The molecule has 0 atom stereocenters. The lowest BCUT2D eigenvalue weighted by atomic mass is 10.1. The number of H-pyrrole nitrogens is 1. The summed E-state index contributed by atoms with van der Waals surface area (Å²) in [6.45, 7) is 0.203. The van der Waals surface area contributed by atoms with E-state index in [9.17, 15) is 9.59 Å². The lowest BCUT2D eigenvalue weighted by molar-refractivity contribution is 0.0953. The topological polar surface area (TPSA) is 97.2 Å². The van der Waals surface area contributed by atoms with Crippen LogP contribution in [0.5, 0.6) is 5.75 Å². The number of hydrogen-bond donors (Lipinski definition) is 3. The Labute approximate surface area is 150 Å². The summed E-state index contributed by atoms with van der Waals surface area (Å²) in [5, 5.41) is 3.67. The van der Waals surface area contributed by atoms with Crippen molar-refractivity contribution < 1.29 is 14.3 Å². The van der Waals surface area contributed by atoms with Crippen molar-refractivity contribution in [3.63, 3.8) is 0 Å². The van der Waals surface area contributed by atoms with Gasteiger partial charge in [0.15, 0.2) is 0 Å². The number of fused-ring (bicyclic) bond motifs is 1. The van der Waals surface area contributed by atoms with Gasteiger partial charge in [-0.1, -0.05) is 11.8 Å². The summed E-state index contributed by atoms with van der Waals surface area (Å²) in [6, 6.07) is 14.0. The molecule has 26 heavy (non-hydrogen) atoms. The number of ether oxygens (including phenoxy) is 1. The van der Waals surface area contributed by atoms with Crippen LogP contribution in [0.1, 0.15) is 26.4 Å². The molecular weight excluding hydrogens is 330 g/mol. The Bertz CT molecular complexity index is 1020. The van der Waals surface area contributed by atoms with E-state index in [0.29, 0.717) is 11.3 Å². The number of rotatable bonds is 4. The van der Waals surface area contributed by atoms with E-state index >= 15 is 0 Å². The standard InChI is InChI=1S/C20H17N3O3/c1-26-16-9-8-15-11-18(23-17(15)12-16)20(25)22-10-2-3-13-4-6-14(7-5-13)19(21)24/h4-9,11-12,23H,10H2,1H3,(H2,21,24)(H,22,25). The van der Waals surface area contributed by atoms with E-state index in [1.165, 1.54) is 0 Å². The molecule has 2 amide bonds. The van der Waals surface area contributed by atoms with Crippen LogP contribution in [0.25, 0.3) is 10.9 Å². The molecule has 6 nitrogen and oxygen atoms in total. The molecule has 2 aromatic carbocycles. The fourth-order valence-electron chi connectivity index (χ4n) is 2.44. The molecule has 0 fully saturated rings. The summed E-state index contributed by atoms with van der Waals surface area (Å²) in [6.07, 6.45) is 0. The number of aromatic nitrogens is 1. The predicted octanol–water partition coefficient (Wildman–Crippen LogP) is 2.06. The minimum absolute atomic E-state index is 0.203. The predicted molar refractivity (Wildman–Crippen MR) is 99.0 cm³/mol. The average Bonchev–Trinajstić information content (AvgIpc) is 3.08. The Morgan fingerprint density at radius 2 is 1.92 bits per heavy atom. The lowest BCUT2D eigenvalue weighted by Crippen LogP contribution is -2.23. The number of amides is 2. The van der Waals surface area contributed by atoms with E-state index in [1.807, 2.05) is 18.2 Å². The number of benzene rings is 2. The van der Waals surface area contributed by atoms with E-state index in [-0.39, 0.29) is 12.5 Å². The molecule has 130 valence electrons. The van der Waals surface area contributed by atoms with Crippen molar-refractivity contribution in [3.8, 4) is 17.6 Å². The van der Waals surface area contributed by atoms with Gasteiger partial charge in [-0.25, -0.2) is 0 Å². The van der Waals surface area contributed by atoms with Crippen molar-refractivity contribution in [2.75, 3.05) is 13.7 Å². The van der Waals surface area contributed by atoms with Crippen LogP contribution in [-0.2, 0) is 0 Å². The summed E-state index contributed by atoms with van der Waals surface area (Å²) in [5.74, 6) is 5.79. The van der Waals surface area contributed by atoms with Crippen LogP contribution in [-0.4, -0.2) is 30.5 Å². The van der Waals surface area contributed by atoms with E-state index in [0.717, 1.165) is 22.2 Å². The fraction of sp³-hybridized carbons (Fsp3) is 0.100. The molecule has 0 aliphatic rings. The quantitative estimate of drug-likeness (QED) is 0.630. The second-order valence-corrected chi connectivity index (χ2v) is 5.56. The summed E-state index contributed by atoms with van der Waals surface area (Å²) in [4.78, 5) is 26.3. The zero-order valence-corrected chi connectivity index (χ0v) is 14.1. The second kappa shape index (κ2) is 7.45. The molecule has 3 aromatic rings. The van der Waals surface area contributed by atoms with Gasteiger partial charge in [0, 0.05) is 28.1 Å². The van der Waals surface area contributed by atoms with Crippen LogP contribution in [0.15, 0.2) is 48.5 Å². The maximum absolute atomic E-state index is 12.2. The van der Waals surface area contributed by atoms with Crippen molar-refractivity contribution in [1.82, 2.24) is 10.3 Å². The summed E-state index contributed by atoms with van der Waals surface area (Å²) in [5.41, 5.74) is 7.64. The highest BCUT2D eigenvalue weighted by Gasteiger charge is 2.09. The van der Waals surface area contributed by atoms with E-state index in [1.54, 1.807) is 37.4 Å². The average molecular weight is 347 g/mol. The molecule has 1 aromatic heterocycles. The number of hydrogen-bond acceptors (Lipinski definition) is 3. The molecule has 0 unspecified atom stereocenters. The fourth-order valence-corrected chi connectivity index (χ4v) is 2.44. The van der Waals surface area contributed by atoms with Gasteiger partial charge in [0.05, 0.1) is 13.7 Å². The van der Waals surface area contributed by atoms with E-state index in [4.69, 9.17) is 10.5 Å². The molecule has 0 saturated heterocycles. The lowest BCUT2D eigenvalue weighted by Gasteiger charge is -1.98. The van der Waals surface area contributed by atoms with E-state index in [2.05, 4.69) is 22.1 Å². The third kappa shape index (κ3) is 3.84. The molecule has 0 aliphatic heterocycles. The van der Waals surface area contributed by atoms with Crippen LogP contribution in [0.2, 0.25) is 0 Å². The minimum atomic E-state index is -0.479. The largest absolute Gasteiger partial charge is 0.497 e. The third-order valence-corrected chi connectivity index (χ3v) is 3.81. The maximum Gasteiger partial charge on any atom is 0.268 e. The molecule has 1 heterocycles. The highest BCUT2D eigenvalue weighted by atomic mass is 16.5.